The Morgan fingerprint density at radius 2 is 2.00 bits per heavy atom. The molecule has 0 radical (unpaired) electrons. The van der Waals surface area contributed by atoms with Crippen LogP contribution in [0.3, 0.4) is 0 Å². The first-order valence-electron chi connectivity index (χ1n) is 6.24. The van der Waals surface area contributed by atoms with Crippen molar-refractivity contribution in [1.82, 2.24) is 20.2 Å². The van der Waals surface area contributed by atoms with Crippen LogP contribution in [0.25, 0.3) is 11.0 Å². The van der Waals surface area contributed by atoms with Crippen LogP contribution in [0.4, 0.5) is 17.5 Å². The maximum atomic E-state index is 4.48. The van der Waals surface area contributed by atoms with Crippen molar-refractivity contribution >= 4 is 44.4 Å². The predicted molar refractivity (Wildman–Crippen MR) is 83.3 cm³/mol. The van der Waals surface area contributed by atoms with Gasteiger partial charge in [-0.05, 0) is 31.2 Å². The highest BCUT2D eigenvalue weighted by atomic mass is 79.9. The Morgan fingerprint density at radius 1 is 1.20 bits per heavy atom. The number of hydrogen-bond acceptors (Lipinski definition) is 5. The number of halogens is 1. The summed E-state index contributed by atoms with van der Waals surface area (Å²) in [6.45, 7) is 2.76. The SMILES string of the molecule is CCNc1nc(Nc2ccc(Br)cc2)c2cn[nH]c2n1. The van der Waals surface area contributed by atoms with Gasteiger partial charge >= 0.3 is 0 Å². The van der Waals surface area contributed by atoms with E-state index in [0.29, 0.717) is 11.6 Å². The smallest absolute Gasteiger partial charge is 0.226 e. The van der Waals surface area contributed by atoms with Crippen molar-refractivity contribution < 1.29 is 0 Å². The van der Waals surface area contributed by atoms with Crippen LogP contribution >= 0.6 is 15.9 Å². The van der Waals surface area contributed by atoms with Crippen molar-refractivity contribution in [2.24, 2.45) is 0 Å². The first kappa shape index (κ1) is 12.9. The Balaban J connectivity index is 2.00. The lowest BCUT2D eigenvalue weighted by atomic mass is 10.3. The largest absolute Gasteiger partial charge is 0.354 e. The molecule has 0 unspecified atom stereocenters. The second-order valence-electron chi connectivity index (χ2n) is 4.19. The predicted octanol–water partition coefficient (Wildman–Crippen LogP) is 3.29. The van der Waals surface area contributed by atoms with E-state index >= 15 is 0 Å². The monoisotopic (exact) mass is 332 g/mol. The van der Waals surface area contributed by atoms with Crippen LogP contribution in [-0.2, 0) is 0 Å². The van der Waals surface area contributed by atoms with Crippen LogP contribution in [0.1, 0.15) is 6.92 Å². The highest BCUT2D eigenvalue weighted by Gasteiger charge is 2.09. The van der Waals surface area contributed by atoms with Crippen LogP contribution in [0.2, 0.25) is 0 Å². The molecule has 0 aliphatic carbocycles. The lowest BCUT2D eigenvalue weighted by Crippen LogP contribution is -2.04. The molecule has 0 amide bonds. The van der Waals surface area contributed by atoms with Crippen LogP contribution in [0, 0.1) is 0 Å². The van der Waals surface area contributed by atoms with E-state index in [2.05, 4.69) is 46.7 Å². The Hall–Kier alpha value is -2.15. The molecule has 1 aromatic carbocycles. The van der Waals surface area contributed by atoms with E-state index in [1.54, 1.807) is 6.20 Å². The summed E-state index contributed by atoms with van der Waals surface area (Å²) in [5, 5.41) is 14.1. The van der Waals surface area contributed by atoms with Crippen LogP contribution in [0.15, 0.2) is 34.9 Å². The highest BCUT2D eigenvalue weighted by Crippen LogP contribution is 2.24. The third-order valence-electron chi connectivity index (χ3n) is 2.75. The quantitative estimate of drug-likeness (QED) is 0.683. The molecule has 3 aromatic rings. The molecule has 2 aromatic heterocycles. The van der Waals surface area contributed by atoms with Crippen molar-refractivity contribution in [3.05, 3.63) is 34.9 Å². The van der Waals surface area contributed by atoms with Crippen molar-refractivity contribution in [2.45, 2.75) is 6.92 Å². The van der Waals surface area contributed by atoms with Crippen LogP contribution < -0.4 is 10.6 Å². The van der Waals surface area contributed by atoms with Gasteiger partial charge in [-0.25, -0.2) is 0 Å². The van der Waals surface area contributed by atoms with Gasteiger partial charge < -0.3 is 10.6 Å². The van der Waals surface area contributed by atoms with Crippen molar-refractivity contribution in [3.8, 4) is 0 Å². The number of aromatic nitrogens is 4. The van der Waals surface area contributed by atoms with Gasteiger partial charge in [-0.2, -0.15) is 15.1 Å². The minimum absolute atomic E-state index is 0.573. The molecule has 2 heterocycles. The number of anilines is 3. The van der Waals surface area contributed by atoms with Gasteiger partial charge in [0.1, 0.15) is 5.82 Å². The second-order valence-corrected chi connectivity index (χ2v) is 5.11. The van der Waals surface area contributed by atoms with Crippen LogP contribution in [0.5, 0.6) is 0 Å². The van der Waals surface area contributed by atoms with Crippen molar-refractivity contribution in [1.29, 1.82) is 0 Å². The Morgan fingerprint density at radius 3 is 2.75 bits per heavy atom. The zero-order chi connectivity index (χ0) is 13.9. The van der Waals surface area contributed by atoms with Gasteiger partial charge in [0.25, 0.3) is 0 Å². The fourth-order valence-electron chi connectivity index (χ4n) is 1.84. The molecule has 3 rings (SSSR count). The molecule has 3 N–H and O–H groups in total. The molecule has 0 aliphatic rings. The van der Waals surface area contributed by atoms with Gasteiger partial charge in [0.05, 0.1) is 11.6 Å². The summed E-state index contributed by atoms with van der Waals surface area (Å²) in [7, 11) is 0. The molecule has 0 spiro atoms. The topological polar surface area (TPSA) is 78.5 Å². The third kappa shape index (κ3) is 2.57. The van der Waals surface area contributed by atoms with E-state index < -0.39 is 0 Å². The van der Waals surface area contributed by atoms with Gasteiger partial charge in [0.15, 0.2) is 5.65 Å². The summed E-state index contributed by atoms with van der Waals surface area (Å²) in [5.41, 5.74) is 1.66. The number of H-pyrrole nitrogens is 1. The molecular weight excluding hydrogens is 320 g/mol. The highest BCUT2D eigenvalue weighted by molar-refractivity contribution is 9.10. The van der Waals surface area contributed by atoms with E-state index in [9.17, 15) is 0 Å². The second kappa shape index (κ2) is 5.46. The zero-order valence-electron chi connectivity index (χ0n) is 10.8. The van der Waals surface area contributed by atoms with Crippen molar-refractivity contribution in [3.63, 3.8) is 0 Å². The summed E-state index contributed by atoms with van der Waals surface area (Å²) in [6.07, 6.45) is 1.71. The molecule has 0 saturated heterocycles. The number of hydrogen-bond donors (Lipinski definition) is 3. The maximum Gasteiger partial charge on any atom is 0.226 e. The normalized spacial score (nSPS) is 10.7. The molecule has 20 heavy (non-hydrogen) atoms. The van der Waals surface area contributed by atoms with E-state index in [4.69, 9.17) is 0 Å². The first-order valence-corrected chi connectivity index (χ1v) is 7.03. The third-order valence-corrected chi connectivity index (χ3v) is 3.28. The van der Waals surface area contributed by atoms with Crippen molar-refractivity contribution in [2.75, 3.05) is 17.2 Å². The summed E-state index contributed by atoms with van der Waals surface area (Å²) in [4.78, 5) is 8.83. The molecule has 0 fully saturated rings. The molecule has 7 heteroatoms. The molecule has 6 nitrogen and oxygen atoms in total. The molecule has 0 aliphatic heterocycles. The van der Waals surface area contributed by atoms with E-state index in [-0.39, 0.29) is 0 Å². The minimum atomic E-state index is 0.573. The zero-order valence-corrected chi connectivity index (χ0v) is 12.4. The lowest BCUT2D eigenvalue weighted by molar-refractivity contribution is 1.07. The van der Waals surface area contributed by atoms with Gasteiger partial charge in [0.2, 0.25) is 5.95 Å². The standard InChI is InChI=1S/C13H13BrN6/c1-2-15-13-18-11(10-7-16-20-12(10)19-13)17-9-5-3-8(14)4-6-9/h3-7H,2H2,1H3,(H3,15,16,17,18,19,20). The number of nitrogens with zero attached hydrogens (tertiary/aromatic N) is 3. The molecule has 0 bridgehead atoms. The summed E-state index contributed by atoms with van der Waals surface area (Å²) >= 11 is 3.42. The number of benzene rings is 1. The van der Waals surface area contributed by atoms with Gasteiger partial charge in [-0.1, -0.05) is 15.9 Å². The minimum Gasteiger partial charge on any atom is -0.354 e. The number of rotatable bonds is 4. The molecule has 0 saturated carbocycles. The summed E-state index contributed by atoms with van der Waals surface area (Å²) in [6, 6.07) is 7.90. The maximum absolute atomic E-state index is 4.48. The number of nitrogens with one attached hydrogen (secondary N) is 3. The van der Waals surface area contributed by atoms with E-state index in [1.807, 2.05) is 31.2 Å². The average molecular weight is 333 g/mol. The van der Waals surface area contributed by atoms with Gasteiger partial charge in [-0.3, -0.25) is 5.10 Å². The summed E-state index contributed by atoms with van der Waals surface area (Å²) < 4.78 is 1.03. The lowest BCUT2D eigenvalue weighted by Gasteiger charge is -2.09. The summed E-state index contributed by atoms with van der Waals surface area (Å²) in [5.74, 6) is 1.30. The molecule has 102 valence electrons. The van der Waals surface area contributed by atoms with Gasteiger partial charge in [0, 0.05) is 16.7 Å². The molecular formula is C13H13BrN6. The van der Waals surface area contributed by atoms with E-state index in [0.717, 1.165) is 27.9 Å². The Bertz CT molecular complexity index is 721. The first-order chi connectivity index (χ1) is 9.76. The van der Waals surface area contributed by atoms with Crippen LogP contribution in [-0.4, -0.2) is 26.7 Å². The number of aromatic amines is 1. The fourth-order valence-corrected chi connectivity index (χ4v) is 2.10. The van der Waals surface area contributed by atoms with Gasteiger partial charge in [-0.15, -0.1) is 0 Å². The Labute approximate surface area is 124 Å². The van der Waals surface area contributed by atoms with E-state index in [1.165, 1.54) is 0 Å². The fraction of sp³-hybridized carbons (Fsp3) is 0.154. The average Bonchev–Trinajstić information content (AvgIpc) is 2.90. The number of fused-ring (bicyclic) bond motifs is 1. The Kier molecular flexibility index (Phi) is 3.51. The molecule has 0 atom stereocenters.